The first-order valence-corrected chi connectivity index (χ1v) is 40.9. The molecule has 7 rings (SSSR count). The zero-order valence-electron chi connectivity index (χ0n) is 71.9. The van der Waals surface area contributed by atoms with E-state index in [1.54, 1.807) is 13.8 Å². The number of nitrogens with zero attached hydrogens (tertiary/aromatic N) is 7. The van der Waals surface area contributed by atoms with Gasteiger partial charge in [0.05, 0.1) is 19.8 Å². The first-order chi connectivity index (χ1) is 58.0. The highest BCUT2D eigenvalue weighted by atomic mass is 16.8. The molecular weight excluding hydrogens is 1620 g/mol. The molecule has 7 aliphatic heterocycles. The molecule has 42 nitrogen and oxygen atoms in total. The van der Waals surface area contributed by atoms with Crippen LogP contribution in [-0.4, -0.2) is 249 Å². The molecule has 686 valence electrons. The standard InChI is InChI=1S/C19H33NO7.C16H25NO8.C11H17NO4.C10H13NO5.C9H11NO5.C7H9NO4.C6H9NO2.C2H4/c1-4-7-8-16(19(23)27-20-17(21)9-10-18(20)22)26-14-15(25-12-6-3)13-24-11-5-2;1-3-7-22-10-12(23-8-4-2)11-24-15(20)9-16(21)25-17-13(18)5-6-14(17)19;1-2-3-4-5-6-11(15)16-12-9(13)7-8-10(12)14;1-7(12)3-2-4-10(15)16-11-8(13)5-6-9(11)14;1-5(6(2)11)9(14)15-10-7(12)3-4-8(10)13;1-2-7(11)12-8-5(9)3-4-6(8)10;1-2-7-5(8)3-4-6(7)9;1-2/h15-16H,4-14H2,1-3H3;12H,3-11H2,1-2H3;2-8H2,1H3;2-6H2,1H3;5H,3-4H2,1-2H3;2-4H2,1H3;2-4H2,1H3;1-2H2. The van der Waals surface area contributed by atoms with Gasteiger partial charge in [0.15, 0.2) is 6.10 Å². The van der Waals surface area contributed by atoms with Gasteiger partial charge in [0.1, 0.15) is 42.7 Å². The Labute approximate surface area is 708 Å². The topological polar surface area (TPSA) is 526 Å². The Bertz CT molecular complexity index is 3430. The van der Waals surface area contributed by atoms with Crippen LogP contribution in [0.4, 0.5) is 0 Å². The van der Waals surface area contributed by atoms with E-state index >= 15 is 0 Å². The van der Waals surface area contributed by atoms with E-state index in [-0.39, 0.29) is 152 Å². The first-order valence-electron chi connectivity index (χ1n) is 40.9. The number of rotatable bonds is 44. The summed E-state index contributed by atoms with van der Waals surface area (Å²) in [5.41, 5.74) is 0. The van der Waals surface area contributed by atoms with Crippen LogP contribution in [-0.2, 0) is 168 Å². The van der Waals surface area contributed by atoms with Gasteiger partial charge in [-0.15, -0.1) is 43.5 Å². The van der Waals surface area contributed by atoms with E-state index < -0.39 is 137 Å². The molecule has 0 spiro atoms. The molecule has 4 unspecified atom stereocenters. The van der Waals surface area contributed by atoms with Gasteiger partial charge in [0.25, 0.3) is 70.9 Å². The molecule has 7 aliphatic rings. The SMILES string of the molecule is C=C.CC(=O)C(C)C(=O)ON1C(=O)CCC1=O.CC(=O)CCCC(=O)ON1C(=O)CCC1=O.CCC(=O)ON1C(=O)CCC1=O.CCCCC(OCC(COCCC)OCCC)C(=O)ON1C(=O)CCC1=O.CCCCCCC(=O)ON1C(=O)CCC1=O.CCCOCC(COC(=O)CC(=O)ON1C(=O)CCC1=O)OCCC.CCN1C(=O)CCC1=O. The van der Waals surface area contributed by atoms with Crippen molar-refractivity contribution in [3.63, 3.8) is 0 Å². The van der Waals surface area contributed by atoms with Crippen LogP contribution in [0.15, 0.2) is 13.2 Å². The Morgan fingerprint density at radius 2 is 0.656 bits per heavy atom. The summed E-state index contributed by atoms with van der Waals surface area (Å²) in [6, 6.07) is 0. The fourth-order valence-corrected chi connectivity index (χ4v) is 9.99. The van der Waals surface area contributed by atoms with Crippen molar-refractivity contribution in [2.75, 3.05) is 59.4 Å². The summed E-state index contributed by atoms with van der Waals surface area (Å²) >= 11 is 0. The smallest absolute Gasteiger partial charge is 0.361 e. The maximum atomic E-state index is 12.4. The number of esters is 1. The van der Waals surface area contributed by atoms with Gasteiger partial charge in [0, 0.05) is 149 Å². The van der Waals surface area contributed by atoms with Crippen molar-refractivity contribution in [3.05, 3.63) is 13.2 Å². The minimum atomic E-state index is -1.03. The van der Waals surface area contributed by atoms with Crippen LogP contribution in [0.25, 0.3) is 0 Å². The lowest BCUT2D eigenvalue weighted by molar-refractivity contribution is -0.207. The fraction of sp³-hybridized carbons (Fsp3) is 0.688. The molecule has 7 fully saturated rings. The quantitative estimate of drug-likeness (QED) is 0.0227. The maximum absolute atomic E-state index is 12.4. The van der Waals surface area contributed by atoms with Crippen LogP contribution in [0.2, 0.25) is 0 Å². The molecule has 4 atom stereocenters. The molecule has 7 heterocycles. The van der Waals surface area contributed by atoms with E-state index in [9.17, 15) is 110 Å². The molecule has 0 bridgehead atoms. The predicted octanol–water partition coefficient (Wildman–Crippen LogP) is 5.84. The van der Waals surface area contributed by atoms with Gasteiger partial charge in [-0.1, -0.05) is 80.6 Å². The highest BCUT2D eigenvalue weighted by Gasteiger charge is 2.40. The number of carbonyl (C=O) groups excluding carboxylic acids is 23. The lowest BCUT2D eigenvalue weighted by Crippen LogP contribution is -2.39. The van der Waals surface area contributed by atoms with Crippen LogP contribution in [0.5, 0.6) is 0 Å². The van der Waals surface area contributed by atoms with Gasteiger partial charge in [-0.2, -0.15) is 0 Å². The van der Waals surface area contributed by atoms with Gasteiger partial charge in [-0.05, 0) is 72.6 Å². The molecule has 0 saturated carbocycles. The lowest BCUT2D eigenvalue weighted by atomic mass is 10.1. The number of carbonyl (C=O) groups is 23. The number of hydrogen-bond donors (Lipinski definition) is 0. The molecule has 0 aliphatic carbocycles. The van der Waals surface area contributed by atoms with Crippen LogP contribution >= 0.6 is 0 Å². The van der Waals surface area contributed by atoms with E-state index in [0.717, 1.165) is 64.2 Å². The third-order valence-electron chi connectivity index (χ3n) is 16.7. The van der Waals surface area contributed by atoms with Crippen LogP contribution in [0, 0.1) is 5.92 Å². The molecule has 0 aromatic heterocycles. The van der Waals surface area contributed by atoms with Gasteiger partial charge in [-0.3, -0.25) is 81.6 Å². The van der Waals surface area contributed by atoms with Crippen LogP contribution < -0.4 is 0 Å². The second kappa shape index (κ2) is 64.0. The Balaban J connectivity index is 0.00000143. The van der Waals surface area contributed by atoms with Crippen LogP contribution in [0.1, 0.15) is 275 Å². The Kier molecular flexibility index (Phi) is 58.3. The Morgan fingerprint density at radius 3 is 0.984 bits per heavy atom. The normalized spacial score (nSPS) is 16.2. The zero-order valence-corrected chi connectivity index (χ0v) is 71.9. The summed E-state index contributed by atoms with van der Waals surface area (Å²) in [4.78, 5) is 286. The summed E-state index contributed by atoms with van der Waals surface area (Å²) in [6.45, 7) is 29.0. The molecule has 0 N–H and O–H groups in total. The van der Waals surface area contributed by atoms with Gasteiger partial charge in [0.2, 0.25) is 11.8 Å². The molecule has 0 aromatic rings. The number of unbranched alkanes of at least 4 members (excludes halogenated alkanes) is 4. The fourth-order valence-electron chi connectivity index (χ4n) is 9.99. The average molecular weight is 1740 g/mol. The number of amides is 14. The van der Waals surface area contributed by atoms with Crippen molar-refractivity contribution in [2.24, 2.45) is 5.92 Å². The molecule has 0 radical (unpaired) electrons. The number of imide groups is 7. The molecule has 14 amide bonds. The van der Waals surface area contributed by atoms with Crippen molar-refractivity contribution < 1.29 is 168 Å². The average Bonchev–Trinajstić information content (AvgIpc) is 1.75. The number of ketones is 2. The largest absolute Gasteiger partial charge is 0.462 e. The van der Waals surface area contributed by atoms with E-state index in [2.05, 4.69) is 39.4 Å². The van der Waals surface area contributed by atoms with Crippen molar-refractivity contribution in [1.82, 2.24) is 35.3 Å². The summed E-state index contributed by atoms with van der Waals surface area (Å²) in [5.74, 6) is -12.6. The second-order valence-corrected chi connectivity index (χ2v) is 27.2. The zero-order chi connectivity index (χ0) is 92.4. The van der Waals surface area contributed by atoms with Crippen LogP contribution in [0.3, 0.4) is 0 Å². The number of hydroxylamine groups is 12. The van der Waals surface area contributed by atoms with Gasteiger partial charge >= 0.3 is 41.8 Å². The highest BCUT2D eigenvalue weighted by Crippen LogP contribution is 2.21. The predicted molar refractivity (Wildman–Crippen MR) is 417 cm³/mol. The summed E-state index contributed by atoms with van der Waals surface area (Å²) in [5, 5.41) is 3.04. The van der Waals surface area contributed by atoms with E-state index in [4.69, 9.17) is 38.1 Å². The highest BCUT2D eigenvalue weighted by molar-refractivity contribution is 6.06. The molecular formula is C80H121N7O35. The first kappa shape index (κ1) is 111. The molecule has 122 heavy (non-hydrogen) atoms. The maximum Gasteiger partial charge on any atom is 0.361 e. The molecule has 0 aromatic carbocycles. The van der Waals surface area contributed by atoms with Crippen molar-refractivity contribution in [1.29, 1.82) is 0 Å². The number of Topliss-reactive ketones (excluding diaryl/α,β-unsaturated/α-hetero) is 2. The summed E-state index contributed by atoms with van der Waals surface area (Å²) in [6.07, 6.45) is 9.95. The Morgan fingerprint density at radius 1 is 0.328 bits per heavy atom. The number of likely N-dealkylation sites (tertiary alicyclic amines) is 1. The van der Waals surface area contributed by atoms with Crippen molar-refractivity contribution in [2.45, 2.75) is 294 Å². The van der Waals surface area contributed by atoms with Gasteiger partial charge in [-0.25, -0.2) is 28.8 Å². The van der Waals surface area contributed by atoms with Crippen molar-refractivity contribution in [3.8, 4) is 0 Å². The van der Waals surface area contributed by atoms with Gasteiger partial charge < -0.3 is 62.2 Å². The second-order valence-electron chi connectivity index (χ2n) is 27.2. The third-order valence-corrected chi connectivity index (χ3v) is 16.7. The number of hydrogen-bond acceptors (Lipinski definition) is 35. The lowest BCUT2D eigenvalue weighted by Gasteiger charge is -2.23. The van der Waals surface area contributed by atoms with E-state index in [0.29, 0.717) is 95.6 Å². The minimum absolute atomic E-state index is 0.00916. The van der Waals surface area contributed by atoms with E-state index in [1.165, 1.54) is 25.7 Å². The third kappa shape index (κ3) is 45.2. The number of ether oxygens (including phenoxy) is 6. The Hall–Kier alpha value is -10.8. The molecule has 7 saturated heterocycles. The summed E-state index contributed by atoms with van der Waals surface area (Å²) in [7, 11) is 0. The monoisotopic (exact) mass is 1740 g/mol. The summed E-state index contributed by atoms with van der Waals surface area (Å²) < 4.78 is 32.9. The van der Waals surface area contributed by atoms with E-state index in [1.807, 2.05) is 34.6 Å². The molecule has 42 heteroatoms. The van der Waals surface area contributed by atoms with Crippen molar-refractivity contribution >= 4 is 136 Å². The minimum Gasteiger partial charge on any atom is -0.462 e.